The first-order chi connectivity index (χ1) is 5.47. The van der Waals surface area contributed by atoms with Crippen LogP contribution in [0.5, 0.6) is 0 Å². The van der Waals surface area contributed by atoms with E-state index in [1.54, 1.807) is 18.6 Å². The number of rotatable bonds is 1. The normalized spacial score (nSPS) is 9.82. The highest BCUT2D eigenvalue weighted by Crippen LogP contribution is 2.07. The summed E-state index contributed by atoms with van der Waals surface area (Å²) < 4.78 is 0. The molecule has 1 radical (unpaired) electrons. The molecule has 0 aliphatic carbocycles. The minimum Gasteiger partial charge on any atom is -0.343 e. The first-order valence-electron chi connectivity index (χ1n) is 3.28. The summed E-state index contributed by atoms with van der Waals surface area (Å²) in [6.07, 6.45) is 5.10. The topological polar surface area (TPSA) is 41.6 Å². The molecule has 11 heavy (non-hydrogen) atoms. The molecule has 2 aromatic heterocycles. The Morgan fingerprint density at radius 1 is 1.36 bits per heavy atom. The summed E-state index contributed by atoms with van der Waals surface area (Å²) in [5.41, 5.74) is 0.841. The number of pyridine rings is 1. The van der Waals surface area contributed by atoms with Gasteiger partial charge in [0.1, 0.15) is 5.69 Å². The fourth-order valence-electron chi connectivity index (χ4n) is 0.865. The highest BCUT2D eigenvalue weighted by molar-refractivity contribution is 5.47. The summed E-state index contributed by atoms with van der Waals surface area (Å²) in [6.45, 7) is 0. The molecule has 0 bridgehead atoms. The van der Waals surface area contributed by atoms with E-state index in [-0.39, 0.29) is 0 Å². The molecule has 0 spiro atoms. The van der Waals surface area contributed by atoms with Crippen LogP contribution < -0.4 is 0 Å². The fourth-order valence-corrected chi connectivity index (χ4v) is 0.865. The quantitative estimate of drug-likeness (QED) is 0.654. The van der Waals surface area contributed by atoms with E-state index in [1.165, 1.54) is 0 Å². The number of H-pyrrole nitrogens is 1. The number of hydrogen-bond acceptors (Lipinski definition) is 2. The van der Waals surface area contributed by atoms with Crippen LogP contribution in [-0.2, 0) is 0 Å². The molecule has 3 heteroatoms. The maximum Gasteiger partial charge on any atom is 0.155 e. The fraction of sp³-hybridized carbons (Fsp3) is 0. The molecule has 2 rings (SSSR count). The zero-order valence-corrected chi connectivity index (χ0v) is 5.78. The Labute approximate surface area is 64.1 Å². The Morgan fingerprint density at radius 3 is 3.00 bits per heavy atom. The monoisotopic (exact) mass is 144 g/mol. The van der Waals surface area contributed by atoms with Crippen molar-refractivity contribution in [2.45, 2.75) is 0 Å². The molecule has 53 valence electrons. The van der Waals surface area contributed by atoms with E-state index >= 15 is 0 Å². The Hall–Kier alpha value is -1.64. The van der Waals surface area contributed by atoms with Crippen LogP contribution in [0, 0.1) is 6.07 Å². The predicted octanol–water partition coefficient (Wildman–Crippen LogP) is 1.27. The Balaban J connectivity index is 2.46. The highest BCUT2D eigenvalue weighted by atomic mass is 14.9. The van der Waals surface area contributed by atoms with Crippen LogP contribution in [0.4, 0.5) is 0 Å². The molecule has 1 N–H and O–H groups in total. The number of hydrogen-bond donors (Lipinski definition) is 1. The molecule has 0 unspecified atom stereocenters. The molecule has 0 atom stereocenters. The molecule has 0 saturated carbocycles. The van der Waals surface area contributed by atoms with Crippen LogP contribution in [0.1, 0.15) is 0 Å². The molecule has 0 aliphatic heterocycles. The number of imidazole rings is 1. The predicted molar refractivity (Wildman–Crippen MR) is 40.7 cm³/mol. The van der Waals surface area contributed by atoms with Gasteiger partial charge in [-0.25, -0.2) is 4.98 Å². The van der Waals surface area contributed by atoms with Crippen molar-refractivity contribution >= 4 is 0 Å². The molecule has 0 amide bonds. The van der Waals surface area contributed by atoms with Crippen LogP contribution >= 0.6 is 0 Å². The Morgan fingerprint density at radius 2 is 2.36 bits per heavy atom. The SMILES string of the molecule is [c]1ccc(-c2ncc[nH]2)nc1. The van der Waals surface area contributed by atoms with Crippen LogP contribution in [0.2, 0.25) is 0 Å². The zero-order chi connectivity index (χ0) is 7.52. The van der Waals surface area contributed by atoms with Crippen LogP contribution in [-0.4, -0.2) is 15.0 Å². The maximum absolute atomic E-state index is 4.07. The molecule has 0 fully saturated rings. The number of nitrogens with zero attached hydrogens (tertiary/aromatic N) is 2. The van der Waals surface area contributed by atoms with E-state index in [2.05, 4.69) is 21.0 Å². The van der Waals surface area contributed by atoms with Crippen molar-refractivity contribution in [2.24, 2.45) is 0 Å². The van der Waals surface area contributed by atoms with Crippen molar-refractivity contribution in [1.29, 1.82) is 0 Å². The minimum absolute atomic E-state index is 0.791. The van der Waals surface area contributed by atoms with Crippen molar-refractivity contribution in [3.8, 4) is 11.5 Å². The van der Waals surface area contributed by atoms with E-state index in [4.69, 9.17) is 0 Å². The van der Waals surface area contributed by atoms with Gasteiger partial charge < -0.3 is 4.98 Å². The summed E-state index contributed by atoms with van der Waals surface area (Å²) in [7, 11) is 0. The third-order valence-electron chi connectivity index (χ3n) is 1.36. The lowest BCUT2D eigenvalue weighted by molar-refractivity contribution is 1.22. The average Bonchev–Trinajstić information content (AvgIpc) is 2.58. The second-order valence-electron chi connectivity index (χ2n) is 2.08. The summed E-state index contributed by atoms with van der Waals surface area (Å²) >= 11 is 0. The van der Waals surface area contributed by atoms with Gasteiger partial charge in [0, 0.05) is 24.7 Å². The molecular formula is C8H6N3. The third kappa shape index (κ3) is 1.12. The van der Waals surface area contributed by atoms with E-state index in [9.17, 15) is 0 Å². The largest absolute Gasteiger partial charge is 0.343 e. The van der Waals surface area contributed by atoms with Gasteiger partial charge in [0.15, 0.2) is 5.82 Å². The van der Waals surface area contributed by atoms with Gasteiger partial charge in [-0.05, 0) is 6.07 Å². The first kappa shape index (κ1) is 6.09. The van der Waals surface area contributed by atoms with E-state index in [0.29, 0.717) is 0 Å². The lowest BCUT2D eigenvalue weighted by Gasteiger charge is -1.91. The molecule has 3 nitrogen and oxygen atoms in total. The molecule has 0 aliphatic rings. The van der Waals surface area contributed by atoms with Gasteiger partial charge in [0.2, 0.25) is 0 Å². The van der Waals surface area contributed by atoms with Gasteiger partial charge in [-0.3, -0.25) is 4.98 Å². The molecular weight excluding hydrogens is 138 g/mol. The van der Waals surface area contributed by atoms with Crippen molar-refractivity contribution < 1.29 is 0 Å². The van der Waals surface area contributed by atoms with Gasteiger partial charge in [-0.1, -0.05) is 6.07 Å². The van der Waals surface area contributed by atoms with Crippen molar-refractivity contribution in [1.82, 2.24) is 15.0 Å². The molecule has 0 aromatic carbocycles. The summed E-state index contributed by atoms with van der Waals surface area (Å²) in [6, 6.07) is 6.51. The average molecular weight is 144 g/mol. The second-order valence-corrected chi connectivity index (χ2v) is 2.08. The number of aromatic amines is 1. The van der Waals surface area contributed by atoms with Gasteiger partial charge in [-0.2, -0.15) is 0 Å². The van der Waals surface area contributed by atoms with Crippen molar-refractivity contribution in [3.05, 3.63) is 36.8 Å². The van der Waals surface area contributed by atoms with Gasteiger partial charge in [-0.15, -0.1) is 0 Å². The van der Waals surface area contributed by atoms with Crippen LogP contribution in [0.25, 0.3) is 11.5 Å². The first-order valence-corrected chi connectivity index (χ1v) is 3.28. The lowest BCUT2D eigenvalue weighted by Crippen LogP contribution is -1.82. The van der Waals surface area contributed by atoms with Gasteiger partial charge in [0.05, 0.1) is 0 Å². The maximum atomic E-state index is 4.07. The standard InChI is InChI=1S/C8H6N3/c1-2-4-9-7(3-1)8-10-5-6-11-8/h1,3-6H,(H,10,11). The van der Waals surface area contributed by atoms with Gasteiger partial charge in [0.25, 0.3) is 0 Å². The summed E-state index contributed by atoms with van der Waals surface area (Å²) in [4.78, 5) is 11.1. The third-order valence-corrected chi connectivity index (χ3v) is 1.36. The molecule has 2 heterocycles. The van der Waals surface area contributed by atoms with E-state index < -0.39 is 0 Å². The smallest absolute Gasteiger partial charge is 0.155 e. The minimum atomic E-state index is 0.791. The highest BCUT2D eigenvalue weighted by Gasteiger charge is 1.96. The summed E-state index contributed by atoms with van der Waals surface area (Å²) in [5.74, 6) is 0.791. The lowest BCUT2D eigenvalue weighted by atomic mass is 10.3. The van der Waals surface area contributed by atoms with Crippen molar-refractivity contribution in [3.63, 3.8) is 0 Å². The molecule has 2 aromatic rings. The van der Waals surface area contributed by atoms with E-state index in [1.807, 2.05) is 12.1 Å². The Bertz CT molecular complexity index is 312. The van der Waals surface area contributed by atoms with Crippen molar-refractivity contribution in [2.75, 3.05) is 0 Å². The van der Waals surface area contributed by atoms with Crippen LogP contribution in [0.15, 0.2) is 30.7 Å². The summed E-state index contributed by atoms with van der Waals surface area (Å²) in [5, 5.41) is 0. The van der Waals surface area contributed by atoms with Crippen LogP contribution in [0.3, 0.4) is 0 Å². The van der Waals surface area contributed by atoms with E-state index in [0.717, 1.165) is 11.5 Å². The second kappa shape index (κ2) is 2.54. The molecule has 0 saturated heterocycles. The zero-order valence-electron chi connectivity index (χ0n) is 5.78. The van der Waals surface area contributed by atoms with Gasteiger partial charge >= 0.3 is 0 Å². The number of nitrogens with one attached hydrogen (secondary N) is 1. The Kier molecular flexibility index (Phi) is 1.41. The number of aromatic nitrogens is 3.